The third kappa shape index (κ3) is 3.95. The number of amides is 2. The van der Waals surface area contributed by atoms with Crippen molar-refractivity contribution in [2.45, 2.75) is 31.7 Å². The van der Waals surface area contributed by atoms with E-state index in [0.717, 1.165) is 12.8 Å². The third-order valence-electron chi connectivity index (χ3n) is 3.58. The topological polar surface area (TPSA) is 58.2 Å². The third-order valence-corrected chi connectivity index (χ3v) is 4.31. The lowest BCUT2D eigenvalue weighted by molar-refractivity contribution is -0.116. The molecule has 0 radical (unpaired) electrons. The maximum absolute atomic E-state index is 12.2. The lowest BCUT2D eigenvalue weighted by Gasteiger charge is -2.11. The summed E-state index contributed by atoms with van der Waals surface area (Å²) in [5.74, 6) is -0.186. The zero-order valence-electron chi connectivity index (χ0n) is 12.2. The average Bonchev–Trinajstić information content (AvgIpc) is 3.17. The summed E-state index contributed by atoms with van der Waals surface area (Å²) in [6, 6.07) is 9.46. The number of aryl methyl sites for hydroxylation is 1. The maximum Gasteiger partial charge on any atom is 0.253 e. The van der Waals surface area contributed by atoms with Gasteiger partial charge in [0.25, 0.3) is 5.91 Å². The molecule has 2 N–H and O–H groups in total. The van der Waals surface area contributed by atoms with E-state index < -0.39 is 0 Å². The molecule has 114 valence electrons. The summed E-state index contributed by atoms with van der Waals surface area (Å²) in [5.41, 5.74) is 2.27. The zero-order valence-corrected chi connectivity index (χ0v) is 13.0. The highest BCUT2D eigenvalue weighted by Crippen LogP contribution is 2.21. The molecule has 5 heteroatoms. The minimum atomic E-state index is -0.115. The highest BCUT2D eigenvalue weighted by molar-refractivity contribution is 7.07. The number of hydrogen-bond donors (Lipinski definition) is 2. The molecule has 1 saturated carbocycles. The SMILES string of the molecule is O=C(CCc1ccsc1)Nc1ccccc1C(=O)NC1CC1. The number of thiophene rings is 1. The highest BCUT2D eigenvalue weighted by Gasteiger charge is 2.24. The molecule has 2 amide bonds. The molecule has 1 aliphatic rings. The van der Waals surface area contributed by atoms with E-state index in [1.54, 1.807) is 23.5 Å². The molecule has 4 nitrogen and oxygen atoms in total. The first-order chi connectivity index (χ1) is 10.7. The van der Waals surface area contributed by atoms with Crippen LogP contribution in [0.1, 0.15) is 35.2 Å². The van der Waals surface area contributed by atoms with Crippen molar-refractivity contribution in [1.82, 2.24) is 5.32 Å². The standard InChI is InChI=1S/C17H18N2O2S/c20-16(8-5-12-9-10-22-11-12)19-15-4-2-1-3-14(15)17(21)18-13-6-7-13/h1-4,9-11,13H,5-8H2,(H,18,21)(H,19,20). The predicted octanol–water partition coefficient (Wildman–Crippen LogP) is 3.21. The molecule has 0 aliphatic heterocycles. The van der Waals surface area contributed by atoms with Crippen LogP contribution in [0.4, 0.5) is 5.69 Å². The smallest absolute Gasteiger partial charge is 0.253 e. The molecule has 22 heavy (non-hydrogen) atoms. The van der Waals surface area contributed by atoms with Gasteiger partial charge in [-0.3, -0.25) is 9.59 Å². The van der Waals surface area contributed by atoms with Crippen molar-refractivity contribution >= 4 is 28.8 Å². The number of para-hydroxylation sites is 1. The van der Waals surface area contributed by atoms with E-state index in [-0.39, 0.29) is 11.8 Å². The summed E-state index contributed by atoms with van der Waals surface area (Å²) in [6.45, 7) is 0. The van der Waals surface area contributed by atoms with Gasteiger partial charge in [-0.2, -0.15) is 11.3 Å². The Morgan fingerprint density at radius 1 is 1.18 bits per heavy atom. The predicted molar refractivity (Wildman–Crippen MR) is 88.2 cm³/mol. The lowest BCUT2D eigenvalue weighted by atomic mass is 10.1. The van der Waals surface area contributed by atoms with Gasteiger partial charge in [-0.15, -0.1) is 0 Å². The second kappa shape index (κ2) is 6.75. The zero-order chi connectivity index (χ0) is 15.4. The largest absolute Gasteiger partial charge is 0.349 e. The fourth-order valence-electron chi connectivity index (χ4n) is 2.19. The van der Waals surface area contributed by atoms with Crippen LogP contribution >= 0.6 is 11.3 Å². The molecule has 3 rings (SSSR count). The molecule has 0 atom stereocenters. The van der Waals surface area contributed by atoms with Gasteiger partial charge in [0.15, 0.2) is 0 Å². The number of hydrogen-bond acceptors (Lipinski definition) is 3. The molecule has 1 aromatic heterocycles. The average molecular weight is 314 g/mol. The number of nitrogens with one attached hydrogen (secondary N) is 2. The molecule has 1 heterocycles. The molecule has 1 aliphatic carbocycles. The van der Waals surface area contributed by atoms with Gasteiger partial charge in [0.05, 0.1) is 11.3 Å². The van der Waals surface area contributed by atoms with Gasteiger partial charge in [-0.05, 0) is 53.8 Å². The van der Waals surface area contributed by atoms with E-state index in [9.17, 15) is 9.59 Å². The minimum Gasteiger partial charge on any atom is -0.349 e. The second-order valence-corrected chi connectivity index (χ2v) is 6.25. The Balaban J connectivity index is 1.61. The summed E-state index contributed by atoms with van der Waals surface area (Å²) >= 11 is 1.63. The monoisotopic (exact) mass is 314 g/mol. The summed E-state index contributed by atoms with van der Waals surface area (Å²) in [5, 5.41) is 9.85. The Hall–Kier alpha value is -2.14. The molecular formula is C17H18N2O2S. The van der Waals surface area contributed by atoms with Gasteiger partial charge in [-0.1, -0.05) is 12.1 Å². The van der Waals surface area contributed by atoms with Crippen LogP contribution in [0.3, 0.4) is 0 Å². The maximum atomic E-state index is 12.2. The molecule has 0 spiro atoms. The number of anilines is 1. The van der Waals surface area contributed by atoms with E-state index in [4.69, 9.17) is 0 Å². The van der Waals surface area contributed by atoms with Crippen molar-refractivity contribution in [2.24, 2.45) is 0 Å². The molecule has 2 aromatic rings. The van der Waals surface area contributed by atoms with Crippen molar-refractivity contribution in [3.05, 3.63) is 52.2 Å². The van der Waals surface area contributed by atoms with Crippen LogP contribution < -0.4 is 10.6 Å². The quantitative estimate of drug-likeness (QED) is 0.860. The second-order valence-electron chi connectivity index (χ2n) is 5.47. The van der Waals surface area contributed by atoms with Gasteiger partial charge < -0.3 is 10.6 Å². The summed E-state index contributed by atoms with van der Waals surface area (Å²) in [7, 11) is 0. The van der Waals surface area contributed by atoms with Crippen molar-refractivity contribution < 1.29 is 9.59 Å². The van der Waals surface area contributed by atoms with Gasteiger partial charge in [0, 0.05) is 12.5 Å². The van der Waals surface area contributed by atoms with Gasteiger partial charge in [0.2, 0.25) is 5.91 Å². The Labute approximate surface area is 133 Å². The number of carbonyl (C=O) groups is 2. The van der Waals surface area contributed by atoms with Gasteiger partial charge in [0.1, 0.15) is 0 Å². The lowest BCUT2D eigenvalue weighted by Crippen LogP contribution is -2.27. The Bertz CT molecular complexity index is 663. The normalized spacial score (nSPS) is 13.6. The van der Waals surface area contributed by atoms with Crippen molar-refractivity contribution in [3.8, 4) is 0 Å². The highest BCUT2D eigenvalue weighted by atomic mass is 32.1. The van der Waals surface area contributed by atoms with Crippen molar-refractivity contribution in [1.29, 1.82) is 0 Å². The van der Waals surface area contributed by atoms with E-state index >= 15 is 0 Å². The molecule has 0 saturated heterocycles. The van der Waals surface area contributed by atoms with Crippen LogP contribution in [0.15, 0.2) is 41.1 Å². The van der Waals surface area contributed by atoms with Gasteiger partial charge in [-0.25, -0.2) is 0 Å². The Morgan fingerprint density at radius 3 is 2.73 bits per heavy atom. The van der Waals surface area contributed by atoms with Crippen LogP contribution in [-0.4, -0.2) is 17.9 Å². The Morgan fingerprint density at radius 2 is 2.00 bits per heavy atom. The van der Waals surface area contributed by atoms with Gasteiger partial charge >= 0.3 is 0 Å². The summed E-state index contributed by atoms with van der Waals surface area (Å²) in [6.07, 6.45) is 3.21. The molecule has 1 aromatic carbocycles. The minimum absolute atomic E-state index is 0.0714. The van der Waals surface area contributed by atoms with E-state index in [1.807, 2.05) is 29.0 Å². The van der Waals surface area contributed by atoms with Crippen LogP contribution in [0.2, 0.25) is 0 Å². The first-order valence-corrected chi connectivity index (χ1v) is 8.37. The fourth-order valence-corrected chi connectivity index (χ4v) is 2.89. The molecular weight excluding hydrogens is 296 g/mol. The molecule has 1 fully saturated rings. The van der Waals surface area contributed by atoms with E-state index in [2.05, 4.69) is 10.6 Å². The van der Waals surface area contributed by atoms with E-state index in [1.165, 1.54) is 5.56 Å². The first-order valence-electron chi connectivity index (χ1n) is 7.43. The Kier molecular flexibility index (Phi) is 4.53. The molecule has 0 unspecified atom stereocenters. The van der Waals surface area contributed by atoms with Crippen molar-refractivity contribution in [2.75, 3.05) is 5.32 Å². The van der Waals surface area contributed by atoms with Crippen LogP contribution in [0.25, 0.3) is 0 Å². The van der Waals surface area contributed by atoms with E-state index in [0.29, 0.717) is 30.1 Å². The van der Waals surface area contributed by atoms with Crippen LogP contribution in [0, 0.1) is 0 Å². The number of benzene rings is 1. The number of rotatable bonds is 6. The molecule has 0 bridgehead atoms. The number of carbonyl (C=O) groups excluding carboxylic acids is 2. The first kappa shape index (κ1) is 14.8. The van der Waals surface area contributed by atoms with Crippen LogP contribution in [-0.2, 0) is 11.2 Å². The fraction of sp³-hybridized carbons (Fsp3) is 0.294. The van der Waals surface area contributed by atoms with Crippen LogP contribution in [0.5, 0.6) is 0 Å². The summed E-state index contributed by atoms with van der Waals surface area (Å²) < 4.78 is 0. The summed E-state index contributed by atoms with van der Waals surface area (Å²) in [4.78, 5) is 24.3. The van der Waals surface area contributed by atoms with Crippen molar-refractivity contribution in [3.63, 3.8) is 0 Å².